The Morgan fingerprint density at radius 2 is 2.00 bits per heavy atom. The number of amides is 3. The Labute approximate surface area is 141 Å². The van der Waals surface area contributed by atoms with Gasteiger partial charge in [-0.1, -0.05) is 30.2 Å². The predicted octanol–water partition coefficient (Wildman–Crippen LogP) is 2.28. The van der Waals surface area contributed by atoms with Crippen molar-refractivity contribution in [3.63, 3.8) is 0 Å². The van der Waals surface area contributed by atoms with Crippen molar-refractivity contribution >= 4 is 23.5 Å². The molecule has 5 nitrogen and oxygen atoms in total. The number of halogens is 1. The second-order valence-electron chi connectivity index (χ2n) is 6.63. The summed E-state index contributed by atoms with van der Waals surface area (Å²) in [5.41, 5.74) is 6.56. The molecule has 2 fully saturated rings. The summed E-state index contributed by atoms with van der Waals surface area (Å²) in [4.78, 5) is 25.2. The molecule has 0 spiro atoms. The number of hydrogen-bond donors (Lipinski definition) is 2. The van der Waals surface area contributed by atoms with E-state index in [-0.39, 0.29) is 23.3 Å². The van der Waals surface area contributed by atoms with E-state index in [0.717, 1.165) is 17.9 Å². The highest BCUT2D eigenvalue weighted by Crippen LogP contribution is 2.43. The average molecular weight is 336 g/mol. The number of nitrogens with two attached hydrogens (primary N) is 1. The van der Waals surface area contributed by atoms with Crippen molar-refractivity contribution < 1.29 is 9.59 Å². The first-order chi connectivity index (χ1) is 11.0. The van der Waals surface area contributed by atoms with Crippen LogP contribution in [-0.4, -0.2) is 36.5 Å². The molecule has 1 aliphatic carbocycles. The minimum absolute atomic E-state index is 0.0169. The number of rotatable bonds is 4. The van der Waals surface area contributed by atoms with E-state index in [2.05, 4.69) is 5.32 Å². The minimum Gasteiger partial charge on any atom is -0.369 e. The van der Waals surface area contributed by atoms with Crippen LogP contribution in [0.3, 0.4) is 0 Å². The molecule has 0 unspecified atom stereocenters. The number of primary amides is 1. The normalized spacial score (nSPS) is 22.5. The van der Waals surface area contributed by atoms with Gasteiger partial charge in [0.1, 0.15) is 0 Å². The molecule has 0 radical (unpaired) electrons. The third-order valence-corrected chi connectivity index (χ3v) is 5.48. The molecular weight excluding hydrogens is 314 g/mol. The molecule has 1 saturated carbocycles. The Bertz CT molecular complexity index is 598. The van der Waals surface area contributed by atoms with E-state index in [1.165, 1.54) is 12.0 Å². The van der Waals surface area contributed by atoms with Crippen LogP contribution < -0.4 is 11.1 Å². The van der Waals surface area contributed by atoms with E-state index >= 15 is 0 Å². The molecule has 1 aliphatic heterocycles. The summed E-state index contributed by atoms with van der Waals surface area (Å²) < 4.78 is 0. The fraction of sp³-hybridized carbons (Fsp3) is 0.529. The van der Waals surface area contributed by atoms with Gasteiger partial charge in [0.25, 0.3) is 0 Å². The molecule has 1 heterocycles. The fourth-order valence-corrected chi connectivity index (χ4v) is 3.63. The quantitative estimate of drug-likeness (QED) is 0.885. The van der Waals surface area contributed by atoms with Crippen LogP contribution >= 0.6 is 11.6 Å². The van der Waals surface area contributed by atoms with Crippen molar-refractivity contribution in [3.8, 4) is 0 Å². The van der Waals surface area contributed by atoms with Gasteiger partial charge in [-0.05, 0) is 37.0 Å². The summed E-state index contributed by atoms with van der Waals surface area (Å²) in [5, 5.41) is 3.77. The van der Waals surface area contributed by atoms with E-state index in [9.17, 15) is 9.59 Å². The molecule has 6 heteroatoms. The molecule has 23 heavy (non-hydrogen) atoms. The smallest absolute Gasteiger partial charge is 0.317 e. The Balaban J connectivity index is 1.59. The molecule has 1 saturated heterocycles. The van der Waals surface area contributed by atoms with Crippen molar-refractivity contribution in [3.05, 3.63) is 34.9 Å². The van der Waals surface area contributed by atoms with Gasteiger partial charge in [0, 0.05) is 30.1 Å². The van der Waals surface area contributed by atoms with Gasteiger partial charge >= 0.3 is 6.03 Å². The van der Waals surface area contributed by atoms with E-state index in [1.807, 2.05) is 24.3 Å². The highest BCUT2D eigenvalue weighted by molar-refractivity contribution is 6.30. The highest BCUT2D eigenvalue weighted by Gasteiger charge is 2.39. The van der Waals surface area contributed by atoms with Crippen molar-refractivity contribution in [1.29, 1.82) is 0 Å². The predicted molar refractivity (Wildman–Crippen MR) is 89.3 cm³/mol. The van der Waals surface area contributed by atoms with Crippen LogP contribution in [0.5, 0.6) is 0 Å². The Morgan fingerprint density at radius 1 is 1.30 bits per heavy atom. The SMILES string of the molecule is NC(=O)[C@@H]1CCN(C(=O)NCC2(c3ccc(Cl)cc3)CCC2)C1. The van der Waals surface area contributed by atoms with Gasteiger partial charge in [-0.3, -0.25) is 4.79 Å². The Kier molecular flexibility index (Phi) is 4.48. The van der Waals surface area contributed by atoms with E-state index in [0.29, 0.717) is 26.1 Å². The lowest BCUT2D eigenvalue weighted by Gasteiger charge is -2.43. The van der Waals surface area contributed by atoms with Crippen LogP contribution in [0.2, 0.25) is 5.02 Å². The first-order valence-corrected chi connectivity index (χ1v) is 8.46. The van der Waals surface area contributed by atoms with Gasteiger partial charge in [-0.2, -0.15) is 0 Å². The zero-order valence-electron chi connectivity index (χ0n) is 13.1. The summed E-state index contributed by atoms with van der Waals surface area (Å²) in [7, 11) is 0. The van der Waals surface area contributed by atoms with Crippen molar-refractivity contribution in [2.75, 3.05) is 19.6 Å². The molecular formula is C17H22ClN3O2. The second-order valence-corrected chi connectivity index (χ2v) is 7.07. The highest BCUT2D eigenvalue weighted by atomic mass is 35.5. The maximum Gasteiger partial charge on any atom is 0.317 e. The number of benzene rings is 1. The number of hydrogen-bond acceptors (Lipinski definition) is 2. The summed E-state index contributed by atoms with van der Waals surface area (Å²) in [6.45, 7) is 1.63. The van der Waals surface area contributed by atoms with Crippen molar-refractivity contribution in [2.24, 2.45) is 11.7 Å². The van der Waals surface area contributed by atoms with Crippen LogP contribution in [0.15, 0.2) is 24.3 Å². The van der Waals surface area contributed by atoms with Crippen molar-refractivity contribution in [2.45, 2.75) is 31.1 Å². The summed E-state index contributed by atoms with van der Waals surface area (Å²) in [6.07, 6.45) is 3.97. The van der Waals surface area contributed by atoms with Gasteiger partial charge in [0.2, 0.25) is 5.91 Å². The topological polar surface area (TPSA) is 75.4 Å². The Morgan fingerprint density at radius 3 is 2.52 bits per heavy atom. The van der Waals surface area contributed by atoms with E-state index in [1.54, 1.807) is 4.90 Å². The lowest BCUT2D eigenvalue weighted by Crippen LogP contribution is -2.49. The molecule has 0 bridgehead atoms. The maximum atomic E-state index is 12.3. The molecule has 2 aliphatic rings. The van der Waals surface area contributed by atoms with Gasteiger partial charge in [-0.15, -0.1) is 0 Å². The van der Waals surface area contributed by atoms with Crippen molar-refractivity contribution in [1.82, 2.24) is 10.2 Å². The number of carbonyl (C=O) groups is 2. The molecule has 1 aromatic rings. The fourth-order valence-electron chi connectivity index (χ4n) is 3.51. The molecule has 1 aromatic carbocycles. The third kappa shape index (κ3) is 3.29. The number of likely N-dealkylation sites (tertiary alicyclic amines) is 1. The summed E-state index contributed by atoms with van der Waals surface area (Å²) >= 11 is 5.96. The average Bonchev–Trinajstić information content (AvgIpc) is 2.98. The standard InChI is InChI=1S/C17H22ClN3O2/c18-14-4-2-13(3-5-14)17(7-1-8-17)11-20-16(23)21-9-6-12(10-21)15(19)22/h2-5,12H,1,6-11H2,(H2,19,22)(H,20,23)/t12-/m1/s1. The Hall–Kier alpha value is -1.75. The zero-order chi connectivity index (χ0) is 16.4. The first-order valence-electron chi connectivity index (χ1n) is 8.08. The lowest BCUT2D eigenvalue weighted by molar-refractivity contribution is -0.121. The maximum absolute atomic E-state index is 12.3. The monoisotopic (exact) mass is 335 g/mol. The molecule has 3 amide bonds. The third-order valence-electron chi connectivity index (χ3n) is 5.22. The van der Waals surface area contributed by atoms with E-state index < -0.39 is 0 Å². The van der Waals surface area contributed by atoms with Crippen LogP contribution in [0.1, 0.15) is 31.2 Å². The molecule has 124 valence electrons. The summed E-state index contributed by atoms with van der Waals surface area (Å²) in [5.74, 6) is -0.536. The van der Waals surface area contributed by atoms with Gasteiger partial charge < -0.3 is 16.0 Å². The largest absolute Gasteiger partial charge is 0.369 e. The van der Waals surface area contributed by atoms with Crippen LogP contribution in [0.4, 0.5) is 4.79 Å². The summed E-state index contributed by atoms with van der Waals surface area (Å²) in [6, 6.07) is 7.79. The number of urea groups is 1. The molecule has 3 N–H and O–H groups in total. The van der Waals surface area contributed by atoms with Gasteiger partial charge in [0.05, 0.1) is 5.92 Å². The van der Waals surface area contributed by atoms with Gasteiger partial charge in [0.15, 0.2) is 0 Å². The number of nitrogens with one attached hydrogen (secondary N) is 1. The molecule has 0 aromatic heterocycles. The first kappa shape index (κ1) is 16.1. The zero-order valence-corrected chi connectivity index (χ0v) is 13.8. The van der Waals surface area contributed by atoms with Crippen LogP contribution in [0.25, 0.3) is 0 Å². The van der Waals surface area contributed by atoms with Gasteiger partial charge in [-0.25, -0.2) is 4.79 Å². The van der Waals surface area contributed by atoms with Crippen LogP contribution in [-0.2, 0) is 10.2 Å². The molecule has 3 rings (SSSR count). The minimum atomic E-state index is -0.322. The van der Waals surface area contributed by atoms with E-state index in [4.69, 9.17) is 17.3 Å². The number of nitrogens with zero attached hydrogens (tertiary/aromatic N) is 1. The lowest BCUT2D eigenvalue weighted by atomic mass is 9.64. The molecule has 1 atom stereocenters. The van der Waals surface area contributed by atoms with Crippen LogP contribution in [0, 0.1) is 5.92 Å². The second kappa shape index (κ2) is 6.40. The number of carbonyl (C=O) groups excluding carboxylic acids is 2.